The van der Waals surface area contributed by atoms with E-state index in [0.717, 1.165) is 31.4 Å². The van der Waals surface area contributed by atoms with Gasteiger partial charge in [0.2, 0.25) is 15.9 Å². The molecule has 3 rings (SSSR count). The Balaban J connectivity index is 1.75. The second-order valence-electron chi connectivity index (χ2n) is 6.19. The van der Waals surface area contributed by atoms with Gasteiger partial charge in [-0.3, -0.25) is 9.52 Å². The molecule has 1 aliphatic heterocycles. The standard InChI is InChI=1S/C16H22N2O3S/c1-2-9-22(20,21)17-15-6-5-12-7-8-18(11-14(12)10-15)16(19)13-3-4-13/h5-6,10,13,17H,2-4,7-9,11H2,1H3. The van der Waals surface area contributed by atoms with Gasteiger partial charge in [0.1, 0.15) is 0 Å². The number of anilines is 1. The van der Waals surface area contributed by atoms with E-state index in [1.165, 1.54) is 5.56 Å². The van der Waals surface area contributed by atoms with Crippen LogP contribution in [0.1, 0.15) is 37.3 Å². The minimum absolute atomic E-state index is 0.121. The molecule has 0 unspecified atom stereocenters. The van der Waals surface area contributed by atoms with Crippen molar-refractivity contribution in [1.82, 2.24) is 4.90 Å². The Hall–Kier alpha value is -1.56. The van der Waals surface area contributed by atoms with Crippen LogP contribution in [0.3, 0.4) is 0 Å². The molecule has 1 amide bonds. The van der Waals surface area contributed by atoms with Gasteiger partial charge in [0, 0.05) is 24.7 Å². The average Bonchev–Trinajstić information content (AvgIpc) is 3.29. The zero-order valence-corrected chi connectivity index (χ0v) is 13.7. The minimum Gasteiger partial charge on any atom is -0.338 e. The van der Waals surface area contributed by atoms with E-state index in [1.807, 2.05) is 30.0 Å². The first-order valence-corrected chi connectivity index (χ1v) is 9.55. The van der Waals surface area contributed by atoms with Crippen LogP contribution in [0, 0.1) is 5.92 Å². The quantitative estimate of drug-likeness (QED) is 0.903. The van der Waals surface area contributed by atoms with Crippen LogP contribution in [0.4, 0.5) is 5.69 Å². The van der Waals surface area contributed by atoms with Crippen molar-refractivity contribution in [1.29, 1.82) is 0 Å². The monoisotopic (exact) mass is 322 g/mol. The lowest BCUT2D eigenvalue weighted by atomic mass is 9.99. The number of amides is 1. The number of fused-ring (bicyclic) bond motifs is 1. The number of benzene rings is 1. The third-order valence-electron chi connectivity index (χ3n) is 4.20. The van der Waals surface area contributed by atoms with E-state index in [9.17, 15) is 13.2 Å². The summed E-state index contributed by atoms with van der Waals surface area (Å²) >= 11 is 0. The highest BCUT2D eigenvalue weighted by Gasteiger charge is 2.34. The lowest BCUT2D eigenvalue weighted by Crippen LogP contribution is -2.36. The first kappa shape index (κ1) is 15.3. The lowest BCUT2D eigenvalue weighted by Gasteiger charge is -2.29. The zero-order chi connectivity index (χ0) is 15.7. The van der Waals surface area contributed by atoms with Gasteiger partial charge in [-0.2, -0.15) is 0 Å². The average molecular weight is 322 g/mol. The topological polar surface area (TPSA) is 66.5 Å². The molecule has 1 aliphatic carbocycles. The molecule has 1 N–H and O–H groups in total. The zero-order valence-electron chi connectivity index (χ0n) is 12.8. The highest BCUT2D eigenvalue weighted by Crippen LogP contribution is 2.33. The molecule has 1 saturated carbocycles. The fourth-order valence-corrected chi connectivity index (χ4v) is 4.02. The van der Waals surface area contributed by atoms with Crippen LogP contribution in [-0.4, -0.2) is 31.5 Å². The molecule has 0 aromatic heterocycles. The molecular weight excluding hydrogens is 300 g/mol. The van der Waals surface area contributed by atoms with Crippen molar-refractivity contribution in [3.8, 4) is 0 Å². The van der Waals surface area contributed by atoms with Crippen LogP contribution in [0.15, 0.2) is 18.2 Å². The number of sulfonamides is 1. The fourth-order valence-electron chi connectivity index (χ4n) is 2.90. The number of nitrogens with zero attached hydrogens (tertiary/aromatic N) is 1. The summed E-state index contributed by atoms with van der Waals surface area (Å²) in [5.74, 6) is 0.603. The Labute approximate surface area is 131 Å². The third-order valence-corrected chi connectivity index (χ3v) is 5.70. The molecule has 5 nitrogen and oxygen atoms in total. The lowest BCUT2D eigenvalue weighted by molar-refractivity contribution is -0.133. The molecule has 1 fully saturated rings. The number of hydrogen-bond acceptors (Lipinski definition) is 3. The second-order valence-corrected chi connectivity index (χ2v) is 8.03. The smallest absolute Gasteiger partial charge is 0.232 e. The van der Waals surface area contributed by atoms with Gasteiger partial charge in [-0.05, 0) is 48.9 Å². The van der Waals surface area contributed by atoms with Crippen LogP contribution >= 0.6 is 0 Å². The van der Waals surface area contributed by atoms with E-state index >= 15 is 0 Å². The molecule has 22 heavy (non-hydrogen) atoms. The Morgan fingerprint density at radius 1 is 1.32 bits per heavy atom. The van der Waals surface area contributed by atoms with Crippen molar-refractivity contribution in [3.05, 3.63) is 29.3 Å². The summed E-state index contributed by atoms with van der Waals surface area (Å²) in [4.78, 5) is 14.1. The number of hydrogen-bond donors (Lipinski definition) is 1. The van der Waals surface area contributed by atoms with Crippen LogP contribution in [0.2, 0.25) is 0 Å². The minimum atomic E-state index is -3.28. The molecular formula is C16H22N2O3S. The van der Waals surface area contributed by atoms with Crippen LogP contribution in [-0.2, 0) is 27.8 Å². The van der Waals surface area contributed by atoms with E-state index in [-0.39, 0.29) is 17.6 Å². The van der Waals surface area contributed by atoms with Gasteiger partial charge in [-0.25, -0.2) is 8.42 Å². The summed E-state index contributed by atoms with van der Waals surface area (Å²) in [6.45, 7) is 3.20. The molecule has 0 spiro atoms. The fraction of sp³-hybridized carbons (Fsp3) is 0.562. The van der Waals surface area contributed by atoms with E-state index < -0.39 is 10.0 Å². The highest BCUT2D eigenvalue weighted by molar-refractivity contribution is 7.92. The van der Waals surface area contributed by atoms with Gasteiger partial charge in [0.15, 0.2) is 0 Å². The van der Waals surface area contributed by atoms with Gasteiger partial charge in [-0.1, -0.05) is 13.0 Å². The van der Waals surface area contributed by atoms with Crippen molar-refractivity contribution >= 4 is 21.6 Å². The number of nitrogens with one attached hydrogen (secondary N) is 1. The summed E-state index contributed by atoms with van der Waals surface area (Å²) in [6, 6.07) is 5.65. The SMILES string of the molecule is CCCS(=O)(=O)Nc1ccc2c(c1)CN(C(=O)C1CC1)CC2. The molecule has 0 radical (unpaired) electrons. The van der Waals surface area contributed by atoms with Gasteiger partial charge >= 0.3 is 0 Å². The van der Waals surface area contributed by atoms with E-state index in [0.29, 0.717) is 18.7 Å². The maximum absolute atomic E-state index is 12.2. The first-order valence-electron chi connectivity index (χ1n) is 7.89. The molecule has 1 aromatic carbocycles. The van der Waals surface area contributed by atoms with Crippen LogP contribution < -0.4 is 4.72 Å². The third kappa shape index (κ3) is 3.43. The van der Waals surface area contributed by atoms with E-state index in [2.05, 4.69) is 4.72 Å². The number of rotatable bonds is 5. The van der Waals surface area contributed by atoms with E-state index in [1.54, 1.807) is 0 Å². The van der Waals surface area contributed by atoms with Crippen molar-refractivity contribution in [3.63, 3.8) is 0 Å². The molecule has 0 bridgehead atoms. The van der Waals surface area contributed by atoms with Crippen molar-refractivity contribution in [2.45, 2.75) is 39.2 Å². The summed E-state index contributed by atoms with van der Waals surface area (Å²) < 4.78 is 26.3. The van der Waals surface area contributed by atoms with Crippen molar-refractivity contribution in [2.24, 2.45) is 5.92 Å². The van der Waals surface area contributed by atoms with Crippen molar-refractivity contribution < 1.29 is 13.2 Å². The molecule has 2 aliphatic rings. The summed E-state index contributed by atoms with van der Waals surface area (Å²) in [5, 5.41) is 0. The highest BCUT2D eigenvalue weighted by atomic mass is 32.2. The molecule has 0 saturated heterocycles. The van der Waals surface area contributed by atoms with Gasteiger partial charge in [0.05, 0.1) is 5.75 Å². The maximum Gasteiger partial charge on any atom is 0.232 e. The molecule has 1 aromatic rings. The Morgan fingerprint density at radius 3 is 2.77 bits per heavy atom. The molecule has 6 heteroatoms. The largest absolute Gasteiger partial charge is 0.338 e. The van der Waals surface area contributed by atoms with Gasteiger partial charge < -0.3 is 4.90 Å². The Morgan fingerprint density at radius 2 is 2.09 bits per heavy atom. The molecule has 1 heterocycles. The summed E-state index contributed by atoms with van der Waals surface area (Å²) in [5.41, 5.74) is 2.85. The normalized spacial score (nSPS) is 18.0. The predicted molar refractivity (Wildman–Crippen MR) is 86.0 cm³/mol. The van der Waals surface area contributed by atoms with Gasteiger partial charge in [0.25, 0.3) is 0 Å². The summed E-state index contributed by atoms with van der Waals surface area (Å²) in [7, 11) is -3.28. The molecule has 0 atom stereocenters. The predicted octanol–water partition coefficient (Wildman–Crippen LogP) is 2.13. The number of carbonyl (C=O) groups excluding carboxylic acids is 1. The van der Waals surface area contributed by atoms with Gasteiger partial charge in [-0.15, -0.1) is 0 Å². The maximum atomic E-state index is 12.2. The van der Waals surface area contributed by atoms with Crippen LogP contribution in [0.25, 0.3) is 0 Å². The summed E-state index contributed by atoms with van der Waals surface area (Å²) in [6.07, 6.45) is 3.46. The van der Waals surface area contributed by atoms with Crippen LogP contribution in [0.5, 0.6) is 0 Å². The molecule has 120 valence electrons. The number of carbonyl (C=O) groups is 1. The second kappa shape index (κ2) is 5.91. The first-order chi connectivity index (χ1) is 10.5. The van der Waals surface area contributed by atoms with Crippen molar-refractivity contribution in [2.75, 3.05) is 17.0 Å². The Kier molecular flexibility index (Phi) is 4.12. The van der Waals surface area contributed by atoms with E-state index in [4.69, 9.17) is 0 Å². The Bertz CT molecular complexity index is 681.